The van der Waals surface area contributed by atoms with E-state index in [1.165, 1.54) is 18.4 Å². The van der Waals surface area contributed by atoms with Crippen molar-refractivity contribution < 1.29 is 9.15 Å². The molecule has 0 unspecified atom stereocenters. The summed E-state index contributed by atoms with van der Waals surface area (Å²) in [4.78, 5) is 4.30. The van der Waals surface area contributed by atoms with E-state index >= 15 is 0 Å². The van der Waals surface area contributed by atoms with Crippen LogP contribution in [-0.2, 0) is 13.1 Å². The zero-order valence-electron chi connectivity index (χ0n) is 12.5. The second kappa shape index (κ2) is 6.76. The predicted octanol–water partition coefficient (Wildman–Crippen LogP) is 3.59. The van der Waals surface area contributed by atoms with Crippen LogP contribution in [0.4, 0.5) is 0 Å². The summed E-state index contributed by atoms with van der Waals surface area (Å²) in [6, 6.07) is 8.03. The van der Waals surface area contributed by atoms with Gasteiger partial charge in [0.25, 0.3) is 0 Å². The fraction of sp³-hybridized carbons (Fsp3) is 0.471. The lowest BCUT2D eigenvalue weighted by atomic mass is 10.2. The van der Waals surface area contributed by atoms with Gasteiger partial charge in [-0.3, -0.25) is 0 Å². The summed E-state index contributed by atoms with van der Waals surface area (Å²) in [6.07, 6.45) is 7.03. The molecule has 0 spiro atoms. The highest BCUT2D eigenvalue weighted by Crippen LogP contribution is 2.23. The second-order valence-corrected chi connectivity index (χ2v) is 5.64. The fourth-order valence-corrected chi connectivity index (χ4v) is 2.71. The lowest BCUT2D eigenvalue weighted by Gasteiger charge is -2.12. The van der Waals surface area contributed by atoms with Crippen molar-refractivity contribution in [3.05, 3.63) is 47.5 Å². The van der Waals surface area contributed by atoms with Gasteiger partial charge in [-0.05, 0) is 56.4 Å². The number of aromatic nitrogens is 1. The molecular formula is C17H22N2O2. The largest absolute Gasteiger partial charge is 0.474 e. The lowest BCUT2D eigenvalue weighted by molar-refractivity contribution is 0.201. The zero-order chi connectivity index (χ0) is 14.5. The van der Waals surface area contributed by atoms with E-state index in [0.29, 0.717) is 6.10 Å². The third-order valence-corrected chi connectivity index (χ3v) is 3.81. The Kier molecular flexibility index (Phi) is 4.55. The van der Waals surface area contributed by atoms with E-state index in [2.05, 4.69) is 10.3 Å². The van der Waals surface area contributed by atoms with Gasteiger partial charge in [0.2, 0.25) is 5.88 Å². The Hall–Kier alpha value is -1.81. The minimum atomic E-state index is 0.354. The average molecular weight is 286 g/mol. The molecule has 4 heteroatoms. The fourth-order valence-electron chi connectivity index (χ4n) is 2.71. The smallest absolute Gasteiger partial charge is 0.213 e. The zero-order valence-corrected chi connectivity index (χ0v) is 12.5. The van der Waals surface area contributed by atoms with Crippen LogP contribution in [-0.4, -0.2) is 11.1 Å². The SMILES string of the molecule is Cc1ccc(CNCc2ccnc(OC3CCCC3)c2)o1. The summed E-state index contributed by atoms with van der Waals surface area (Å²) in [5, 5.41) is 3.38. The summed E-state index contributed by atoms with van der Waals surface area (Å²) < 4.78 is 11.5. The maximum Gasteiger partial charge on any atom is 0.213 e. The monoisotopic (exact) mass is 286 g/mol. The normalized spacial score (nSPS) is 15.5. The van der Waals surface area contributed by atoms with Gasteiger partial charge in [0.1, 0.15) is 17.6 Å². The van der Waals surface area contributed by atoms with Crippen molar-refractivity contribution in [3.63, 3.8) is 0 Å². The second-order valence-electron chi connectivity index (χ2n) is 5.64. The molecule has 0 saturated heterocycles. The van der Waals surface area contributed by atoms with E-state index in [1.54, 1.807) is 0 Å². The van der Waals surface area contributed by atoms with Crippen molar-refractivity contribution in [2.45, 2.75) is 51.8 Å². The van der Waals surface area contributed by atoms with Crippen molar-refractivity contribution in [2.75, 3.05) is 0 Å². The molecule has 0 aromatic carbocycles. The summed E-state index contributed by atoms with van der Waals surface area (Å²) in [6.45, 7) is 3.47. The maximum atomic E-state index is 5.93. The molecule has 4 nitrogen and oxygen atoms in total. The standard InChI is InChI=1S/C17H22N2O2/c1-13-6-7-16(20-13)12-18-11-14-8-9-19-17(10-14)21-15-4-2-3-5-15/h6-10,15,18H,2-5,11-12H2,1H3. The van der Waals surface area contributed by atoms with E-state index in [-0.39, 0.29) is 0 Å². The maximum absolute atomic E-state index is 5.93. The third-order valence-electron chi connectivity index (χ3n) is 3.81. The molecule has 0 atom stereocenters. The quantitative estimate of drug-likeness (QED) is 0.881. The van der Waals surface area contributed by atoms with Crippen LogP contribution in [0.25, 0.3) is 0 Å². The van der Waals surface area contributed by atoms with E-state index in [4.69, 9.17) is 9.15 Å². The molecule has 21 heavy (non-hydrogen) atoms. The molecule has 0 amide bonds. The molecule has 1 saturated carbocycles. The number of nitrogens with one attached hydrogen (secondary N) is 1. The van der Waals surface area contributed by atoms with E-state index < -0.39 is 0 Å². The first-order chi connectivity index (χ1) is 10.3. The number of pyridine rings is 1. The molecule has 1 aliphatic rings. The highest BCUT2D eigenvalue weighted by Gasteiger charge is 2.16. The van der Waals surface area contributed by atoms with Crippen molar-refractivity contribution in [1.82, 2.24) is 10.3 Å². The summed E-state index contributed by atoms with van der Waals surface area (Å²) in [7, 11) is 0. The van der Waals surface area contributed by atoms with Crippen LogP contribution in [0.3, 0.4) is 0 Å². The first kappa shape index (κ1) is 14.1. The third kappa shape index (κ3) is 4.08. The van der Waals surface area contributed by atoms with Gasteiger partial charge in [-0.2, -0.15) is 0 Å². The number of nitrogens with zero attached hydrogens (tertiary/aromatic N) is 1. The Morgan fingerprint density at radius 2 is 2.10 bits per heavy atom. The van der Waals surface area contributed by atoms with E-state index in [1.807, 2.05) is 37.4 Å². The van der Waals surface area contributed by atoms with E-state index in [0.717, 1.165) is 43.3 Å². The van der Waals surface area contributed by atoms with Gasteiger partial charge in [-0.25, -0.2) is 4.98 Å². The average Bonchev–Trinajstić information content (AvgIpc) is 3.11. The highest BCUT2D eigenvalue weighted by atomic mass is 16.5. The van der Waals surface area contributed by atoms with Gasteiger partial charge in [-0.1, -0.05) is 0 Å². The minimum absolute atomic E-state index is 0.354. The van der Waals surface area contributed by atoms with Crippen LogP contribution in [0.2, 0.25) is 0 Å². The Bertz CT molecular complexity index is 574. The molecule has 3 rings (SSSR count). The molecule has 1 N–H and O–H groups in total. The van der Waals surface area contributed by atoms with Crippen molar-refractivity contribution in [3.8, 4) is 5.88 Å². The molecule has 0 aliphatic heterocycles. The first-order valence-electron chi connectivity index (χ1n) is 7.67. The Morgan fingerprint density at radius 3 is 2.86 bits per heavy atom. The van der Waals surface area contributed by atoms with Crippen molar-refractivity contribution in [2.24, 2.45) is 0 Å². The van der Waals surface area contributed by atoms with Crippen LogP contribution >= 0.6 is 0 Å². The van der Waals surface area contributed by atoms with Crippen LogP contribution in [0, 0.1) is 6.92 Å². The van der Waals surface area contributed by atoms with Crippen LogP contribution in [0.5, 0.6) is 5.88 Å². The predicted molar refractivity (Wildman–Crippen MR) is 81.1 cm³/mol. The summed E-state index contributed by atoms with van der Waals surface area (Å²) in [5.74, 6) is 2.65. The molecule has 2 aromatic rings. The van der Waals surface area contributed by atoms with Crippen molar-refractivity contribution >= 4 is 0 Å². The molecular weight excluding hydrogens is 264 g/mol. The van der Waals surface area contributed by atoms with Crippen molar-refractivity contribution in [1.29, 1.82) is 0 Å². The molecule has 2 heterocycles. The first-order valence-corrected chi connectivity index (χ1v) is 7.67. The summed E-state index contributed by atoms with van der Waals surface area (Å²) >= 11 is 0. The Labute approximate surface area is 125 Å². The van der Waals surface area contributed by atoms with Gasteiger partial charge in [-0.15, -0.1) is 0 Å². The molecule has 0 radical (unpaired) electrons. The van der Waals surface area contributed by atoms with Gasteiger partial charge >= 0.3 is 0 Å². The van der Waals surface area contributed by atoms with Gasteiger partial charge in [0.05, 0.1) is 6.54 Å². The number of rotatable bonds is 6. The van der Waals surface area contributed by atoms with Gasteiger partial charge < -0.3 is 14.5 Å². The van der Waals surface area contributed by atoms with Crippen LogP contribution in [0.1, 0.15) is 42.8 Å². The highest BCUT2D eigenvalue weighted by molar-refractivity contribution is 5.20. The summed E-state index contributed by atoms with van der Waals surface area (Å²) in [5.41, 5.74) is 1.18. The molecule has 1 fully saturated rings. The number of ether oxygens (including phenoxy) is 1. The van der Waals surface area contributed by atoms with Gasteiger partial charge in [0.15, 0.2) is 0 Å². The molecule has 2 aromatic heterocycles. The topological polar surface area (TPSA) is 47.3 Å². The number of aryl methyl sites for hydroxylation is 1. The minimum Gasteiger partial charge on any atom is -0.474 e. The number of hydrogen-bond acceptors (Lipinski definition) is 4. The van der Waals surface area contributed by atoms with Crippen LogP contribution in [0.15, 0.2) is 34.9 Å². The molecule has 1 aliphatic carbocycles. The van der Waals surface area contributed by atoms with Gasteiger partial charge in [0, 0.05) is 18.8 Å². The number of hydrogen-bond donors (Lipinski definition) is 1. The Balaban J connectivity index is 1.50. The lowest BCUT2D eigenvalue weighted by Crippen LogP contribution is -2.14. The molecule has 112 valence electrons. The molecule has 0 bridgehead atoms. The van der Waals surface area contributed by atoms with Crippen LogP contribution < -0.4 is 10.1 Å². The number of furan rings is 1. The van der Waals surface area contributed by atoms with E-state index in [9.17, 15) is 0 Å². The Morgan fingerprint density at radius 1 is 1.24 bits per heavy atom.